The smallest absolute Gasteiger partial charge is 0.128 e. The maximum absolute atomic E-state index is 13.7. The van der Waals surface area contributed by atoms with Gasteiger partial charge in [-0.2, -0.15) is 0 Å². The van der Waals surface area contributed by atoms with Crippen LogP contribution in [-0.2, 0) is 6.42 Å². The van der Waals surface area contributed by atoms with Gasteiger partial charge in [0.1, 0.15) is 5.82 Å². The highest BCUT2D eigenvalue weighted by molar-refractivity contribution is 9.10. The van der Waals surface area contributed by atoms with E-state index in [4.69, 9.17) is 0 Å². The molecule has 1 N–H and O–H groups in total. The standard InChI is InChI=1S/C14H16BrFN2S/c1-9-8-19-14(18-9)5-6-17-10(2)12-7-11(15)3-4-13(12)16/h3-4,7-8,10,17H,5-6H2,1-2H3. The summed E-state index contributed by atoms with van der Waals surface area (Å²) in [6.45, 7) is 4.75. The zero-order valence-electron chi connectivity index (χ0n) is 10.9. The van der Waals surface area contributed by atoms with Gasteiger partial charge in [0, 0.05) is 40.1 Å². The molecule has 2 nitrogen and oxygen atoms in total. The third kappa shape index (κ3) is 4.09. The Hall–Kier alpha value is -0.780. The van der Waals surface area contributed by atoms with E-state index >= 15 is 0 Å². The van der Waals surface area contributed by atoms with Crippen molar-refractivity contribution >= 4 is 27.3 Å². The Labute approximate surface area is 125 Å². The SMILES string of the molecule is Cc1csc(CCNC(C)c2cc(Br)ccc2F)n1. The largest absolute Gasteiger partial charge is 0.310 e. The summed E-state index contributed by atoms with van der Waals surface area (Å²) in [6.07, 6.45) is 0.873. The molecule has 102 valence electrons. The second-order valence-electron chi connectivity index (χ2n) is 4.47. The normalized spacial score (nSPS) is 12.6. The first-order valence-electron chi connectivity index (χ1n) is 6.15. The first-order valence-corrected chi connectivity index (χ1v) is 7.83. The molecule has 0 aliphatic carbocycles. The zero-order chi connectivity index (χ0) is 13.8. The lowest BCUT2D eigenvalue weighted by Gasteiger charge is -2.15. The molecule has 0 aliphatic rings. The monoisotopic (exact) mass is 342 g/mol. The molecule has 1 aromatic heterocycles. The minimum atomic E-state index is -0.173. The Morgan fingerprint density at radius 2 is 2.26 bits per heavy atom. The fraction of sp³-hybridized carbons (Fsp3) is 0.357. The second kappa shape index (κ2) is 6.59. The molecule has 0 spiro atoms. The van der Waals surface area contributed by atoms with Crippen LogP contribution in [0.3, 0.4) is 0 Å². The van der Waals surface area contributed by atoms with Gasteiger partial charge < -0.3 is 5.32 Å². The highest BCUT2D eigenvalue weighted by Crippen LogP contribution is 2.21. The predicted molar refractivity (Wildman–Crippen MR) is 81.1 cm³/mol. The van der Waals surface area contributed by atoms with E-state index in [-0.39, 0.29) is 11.9 Å². The van der Waals surface area contributed by atoms with Crippen LogP contribution in [0.4, 0.5) is 4.39 Å². The molecule has 1 aromatic carbocycles. The summed E-state index contributed by atoms with van der Waals surface area (Å²) in [6, 6.07) is 5.00. The summed E-state index contributed by atoms with van der Waals surface area (Å²) >= 11 is 5.04. The molecule has 0 saturated heterocycles. The van der Waals surface area contributed by atoms with E-state index in [2.05, 4.69) is 26.2 Å². The Kier molecular flexibility index (Phi) is 5.07. The van der Waals surface area contributed by atoms with Crippen LogP contribution >= 0.6 is 27.3 Å². The number of rotatable bonds is 5. The minimum Gasteiger partial charge on any atom is -0.310 e. The van der Waals surface area contributed by atoms with Gasteiger partial charge in [-0.25, -0.2) is 9.37 Å². The molecule has 1 heterocycles. The van der Waals surface area contributed by atoms with Crippen LogP contribution in [-0.4, -0.2) is 11.5 Å². The highest BCUT2D eigenvalue weighted by Gasteiger charge is 2.11. The van der Waals surface area contributed by atoms with Crippen LogP contribution < -0.4 is 5.32 Å². The highest BCUT2D eigenvalue weighted by atomic mass is 79.9. The van der Waals surface area contributed by atoms with E-state index in [1.54, 1.807) is 17.4 Å². The van der Waals surface area contributed by atoms with Crippen LogP contribution in [0, 0.1) is 12.7 Å². The summed E-state index contributed by atoms with van der Waals surface area (Å²) in [4.78, 5) is 4.41. The van der Waals surface area contributed by atoms with E-state index in [0.717, 1.165) is 28.1 Å². The average Bonchev–Trinajstić information content (AvgIpc) is 2.78. The zero-order valence-corrected chi connectivity index (χ0v) is 13.3. The van der Waals surface area contributed by atoms with Crippen LogP contribution in [0.2, 0.25) is 0 Å². The fourth-order valence-corrected chi connectivity index (χ4v) is 3.02. The molecular weight excluding hydrogens is 327 g/mol. The van der Waals surface area contributed by atoms with Crippen molar-refractivity contribution in [3.63, 3.8) is 0 Å². The third-order valence-electron chi connectivity index (χ3n) is 2.88. The van der Waals surface area contributed by atoms with Crippen molar-refractivity contribution in [3.05, 3.63) is 50.1 Å². The lowest BCUT2D eigenvalue weighted by molar-refractivity contribution is 0.530. The van der Waals surface area contributed by atoms with Crippen LogP contribution in [0.25, 0.3) is 0 Å². The van der Waals surface area contributed by atoms with Crippen LogP contribution in [0.5, 0.6) is 0 Å². The molecular formula is C14H16BrFN2S. The molecule has 1 atom stereocenters. The van der Waals surface area contributed by atoms with Crippen molar-refractivity contribution in [2.45, 2.75) is 26.3 Å². The molecule has 0 radical (unpaired) electrons. The lowest BCUT2D eigenvalue weighted by Crippen LogP contribution is -2.22. The summed E-state index contributed by atoms with van der Waals surface area (Å²) in [5.41, 5.74) is 1.75. The van der Waals surface area contributed by atoms with Gasteiger partial charge in [-0.15, -0.1) is 11.3 Å². The molecule has 0 aliphatic heterocycles. The quantitative estimate of drug-likeness (QED) is 0.878. The average molecular weight is 343 g/mol. The van der Waals surface area contributed by atoms with E-state index < -0.39 is 0 Å². The first-order chi connectivity index (χ1) is 9.06. The van der Waals surface area contributed by atoms with Crippen molar-refractivity contribution in [1.82, 2.24) is 10.3 Å². The van der Waals surface area contributed by atoms with E-state index in [9.17, 15) is 4.39 Å². The van der Waals surface area contributed by atoms with E-state index in [0.29, 0.717) is 5.56 Å². The Morgan fingerprint density at radius 3 is 2.95 bits per heavy atom. The number of benzene rings is 1. The maximum atomic E-state index is 13.7. The molecule has 2 rings (SSSR count). The summed E-state index contributed by atoms with van der Waals surface area (Å²) < 4.78 is 14.6. The Morgan fingerprint density at radius 1 is 1.47 bits per heavy atom. The van der Waals surface area contributed by atoms with Crippen molar-refractivity contribution in [3.8, 4) is 0 Å². The predicted octanol–water partition coefficient (Wildman–Crippen LogP) is 4.25. The fourth-order valence-electron chi connectivity index (χ4n) is 1.87. The number of aromatic nitrogens is 1. The number of halogens is 2. The van der Waals surface area contributed by atoms with Crippen molar-refractivity contribution in [2.75, 3.05) is 6.54 Å². The first kappa shape index (κ1) is 14.6. The van der Waals surface area contributed by atoms with Crippen molar-refractivity contribution in [2.24, 2.45) is 0 Å². The van der Waals surface area contributed by atoms with Crippen LogP contribution in [0.15, 0.2) is 28.1 Å². The van der Waals surface area contributed by atoms with Gasteiger partial charge >= 0.3 is 0 Å². The minimum absolute atomic E-state index is 0.0152. The van der Waals surface area contributed by atoms with Gasteiger partial charge in [-0.1, -0.05) is 15.9 Å². The number of aryl methyl sites for hydroxylation is 1. The topological polar surface area (TPSA) is 24.9 Å². The van der Waals surface area contributed by atoms with Gasteiger partial charge in [-0.05, 0) is 32.0 Å². The van der Waals surface area contributed by atoms with Gasteiger partial charge in [-0.3, -0.25) is 0 Å². The molecule has 1 unspecified atom stereocenters. The van der Waals surface area contributed by atoms with Gasteiger partial charge in [0.15, 0.2) is 0 Å². The van der Waals surface area contributed by atoms with E-state index in [1.807, 2.05) is 25.3 Å². The molecule has 0 fully saturated rings. The Bertz CT molecular complexity index is 556. The summed E-state index contributed by atoms with van der Waals surface area (Å²) in [5.74, 6) is -0.173. The summed E-state index contributed by atoms with van der Waals surface area (Å²) in [5, 5.41) is 6.50. The van der Waals surface area contributed by atoms with Crippen molar-refractivity contribution < 1.29 is 4.39 Å². The van der Waals surface area contributed by atoms with E-state index in [1.165, 1.54) is 6.07 Å². The van der Waals surface area contributed by atoms with Crippen LogP contribution in [0.1, 0.15) is 29.2 Å². The molecule has 2 aromatic rings. The molecule has 0 amide bonds. The molecule has 0 saturated carbocycles. The number of nitrogens with zero attached hydrogens (tertiary/aromatic N) is 1. The molecule has 19 heavy (non-hydrogen) atoms. The Balaban J connectivity index is 1.90. The third-order valence-corrected chi connectivity index (χ3v) is 4.40. The van der Waals surface area contributed by atoms with Gasteiger partial charge in [0.05, 0.1) is 5.01 Å². The maximum Gasteiger partial charge on any atom is 0.128 e. The number of hydrogen-bond donors (Lipinski definition) is 1. The number of hydrogen-bond acceptors (Lipinski definition) is 3. The molecule has 5 heteroatoms. The van der Waals surface area contributed by atoms with Gasteiger partial charge in [0.25, 0.3) is 0 Å². The van der Waals surface area contributed by atoms with Crippen molar-refractivity contribution in [1.29, 1.82) is 0 Å². The second-order valence-corrected chi connectivity index (χ2v) is 6.33. The lowest BCUT2D eigenvalue weighted by atomic mass is 10.1. The molecule has 0 bridgehead atoms. The number of thiazole rings is 1. The summed E-state index contributed by atoms with van der Waals surface area (Å²) in [7, 11) is 0. The number of nitrogens with one attached hydrogen (secondary N) is 1. The van der Waals surface area contributed by atoms with Gasteiger partial charge in [0.2, 0.25) is 0 Å².